The molecule has 1 heterocycles. The van der Waals surface area contributed by atoms with Crippen molar-refractivity contribution in [3.63, 3.8) is 0 Å². The molecule has 3 nitrogen and oxygen atoms in total. The Hall–Kier alpha value is -0.390. The molecule has 0 N–H and O–H groups in total. The number of hydrogen-bond acceptors (Lipinski definition) is 3. The highest BCUT2D eigenvalue weighted by atomic mass is 79.9. The third-order valence-electron chi connectivity index (χ3n) is 2.59. The van der Waals surface area contributed by atoms with Crippen molar-refractivity contribution in [3.8, 4) is 5.75 Å². The van der Waals surface area contributed by atoms with Crippen LogP contribution in [-0.2, 0) is 4.74 Å². The summed E-state index contributed by atoms with van der Waals surface area (Å²) >= 11 is 6.79. The van der Waals surface area contributed by atoms with Crippen LogP contribution in [0.1, 0.15) is 23.2 Å². The van der Waals surface area contributed by atoms with Gasteiger partial charge in [-0.3, -0.25) is 4.79 Å². The Bertz CT molecular complexity index is 391. The standard InChI is InChI=1S/C12H12Br2O3/c13-10-4-8(6-15)5-11(14)12(10)17-7-9-2-1-3-16-9/h4-6,9H,1-3,7H2. The molecule has 0 aromatic heterocycles. The maximum absolute atomic E-state index is 10.7. The van der Waals surface area contributed by atoms with Gasteiger partial charge in [-0.1, -0.05) is 0 Å². The normalized spacial score (nSPS) is 19.3. The van der Waals surface area contributed by atoms with Crippen LogP contribution in [0.3, 0.4) is 0 Å². The molecule has 0 bridgehead atoms. The zero-order valence-electron chi connectivity index (χ0n) is 9.12. The van der Waals surface area contributed by atoms with Gasteiger partial charge in [0.1, 0.15) is 18.6 Å². The average Bonchev–Trinajstić information content (AvgIpc) is 2.80. The Labute approximate surface area is 117 Å². The number of carbonyl (C=O) groups is 1. The topological polar surface area (TPSA) is 35.5 Å². The first-order chi connectivity index (χ1) is 8.20. The molecule has 1 unspecified atom stereocenters. The molecule has 1 atom stereocenters. The van der Waals surface area contributed by atoms with Crippen molar-refractivity contribution in [2.45, 2.75) is 18.9 Å². The summed E-state index contributed by atoms with van der Waals surface area (Å²) in [4.78, 5) is 10.7. The average molecular weight is 364 g/mol. The lowest BCUT2D eigenvalue weighted by atomic mass is 10.2. The van der Waals surface area contributed by atoms with Crippen molar-refractivity contribution in [3.05, 3.63) is 26.6 Å². The van der Waals surface area contributed by atoms with E-state index in [9.17, 15) is 4.79 Å². The van der Waals surface area contributed by atoms with E-state index in [0.29, 0.717) is 17.9 Å². The molecule has 1 aromatic rings. The lowest BCUT2D eigenvalue weighted by Crippen LogP contribution is -2.16. The zero-order chi connectivity index (χ0) is 12.3. The predicted octanol–water partition coefficient (Wildman–Crippen LogP) is 3.58. The molecular weight excluding hydrogens is 352 g/mol. The van der Waals surface area contributed by atoms with Crippen molar-refractivity contribution in [1.82, 2.24) is 0 Å². The van der Waals surface area contributed by atoms with Crippen LogP contribution in [0.4, 0.5) is 0 Å². The second kappa shape index (κ2) is 5.98. The number of halogens is 2. The Balaban J connectivity index is 2.06. The predicted molar refractivity (Wildman–Crippen MR) is 71.7 cm³/mol. The van der Waals surface area contributed by atoms with Crippen LogP contribution in [-0.4, -0.2) is 25.6 Å². The maximum atomic E-state index is 10.7. The van der Waals surface area contributed by atoms with Crippen LogP contribution in [0, 0.1) is 0 Å². The monoisotopic (exact) mass is 362 g/mol. The van der Waals surface area contributed by atoms with Crippen molar-refractivity contribution in [1.29, 1.82) is 0 Å². The molecule has 92 valence electrons. The minimum absolute atomic E-state index is 0.180. The fourth-order valence-electron chi connectivity index (χ4n) is 1.74. The molecule has 0 aliphatic carbocycles. The van der Waals surface area contributed by atoms with E-state index in [1.165, 1.54) is 0 Å². The van der Waals surface area contributed by atoms with E-state index in [4.69, 9.17) is 9.47 Å². The molecule has 0 saturated carbocycles. The van der Waals surface area contributed by atoms with Gasteiger partial charge in [-0.05, 0) is 56.8 Å². The molecule has 2 rings (SSSR count). The van der Waals surface area contributed by atoms with Gasteiger partial charge in [0.25, 0.3) is 0 Å². The summed E-state index contributed by atoms with van der Waals surface area (Å²) in [5, 5.41) is 0. The summed E-state index contributed by atoms with van der Waals surface area (Å²) in [5.41, 5.74) is 0.605. The van der Waals surface area contributed by atoms with Crippen LogP contribution in [0.2, 0.25) is 0 Å². The number of ether oxygens (including phenoxy) is 2. The van der Waals surface area contributed by atoms with Crippen molar-refractivity contribution < 1.29 is 14.3 Å². The van der Waals surface area contributed by atoms with Crippen LogP contribution < -0.4 is 4.74 Å². The fourth-order valence-corrected chi connectivity index (χ4v) is 3.19. The maximum Gasteiger partial charge on any atom is 0.150 e. The Morgan fingerprint density at radius 1 is 1.41 bits per heavy atom. The molecule has 1 aliphatic heterocycles. The minimum Gasteiger partial charge on any atom is -0.489 e. The molecule has 17 heavy (non-hydrogen) atoms. The van der Waals surface area contributed by atoms with Gasteiger partial charge < -0.3 is 9.47 Å². The van der Waals surface area contributed by atoms with Gasteiger partial charge in [0.05, 0.1) is 15.0 Å². The third-order valence-corrected chi connectivity index (χ3v) is 3.77. The van der Waals surface area contributed by atoms with Crippen LogP contribution >= 0.6 is 31.9 Å². The molecule has 0 radical (unpaired) electrons. The highest BCUT2D eigenvalue weighted by molar-refractivity contribution is 9.11. The SMILES string of the molecule is O=Cc1cc(Br)c(OCC2CCCO2)c(Br)c1. The number of benzene rings is 1. The Morgan fingerprint density at radius 3 is 2.65 bits per heavy atom. The molecule has 1 saturated heterocycles. The first-order valence-corrected chi connectivity index (χ1v) is 6.98. The molecular formula is C12H12Br2O3. The van der Waals surface area contributed by atoms with Gasteiger partial charge in [0.15, 0.2) is 0 Å². The summed E-state index contributed by atoms with van der Waals surface area (Å²) in [6, 6.07) is 3.48. The van der Waals surface area contributed by atoms with E-state index in [1.54, 1.807) is 12.1 Å². The number of aldehydes is 1. The van der Waals surface area contributed by atoms with E-state index in [0.717, 1.165) is 34.7 Å². The molecule has 1 aliphatic rings. The van der Waals surface area contributed by atoms with E-state index < -0.39 is 0 Å². The second-order valence-electron chi connectivity index (χ2n) is 3.88. The van der Waals surface area contributed by atoms with E-state index >= 15 is 0 Å². The molecule has 0 spiro atoms. The number of carbonyl (C=O) groups excluding carboxylic acids is 1. The lowest BCUT2D eigenvalue weighted by Gasteiger charge is -2.14. The van der Waals surface area contributed by atoms with Gasteiger partial charge in [-0.15, -0.1) is 0 Å². The summed E-state index contributed by atoms with van der Waals surface area (Å²) in [6.07, 6.45) is 3.13. The van der Waals surface area contributed by atoms with Crippen LogP contribution in [0.25, 0.3) is 0 Å². The van der Waals surface area contributed by atoms with Gasteiger partial charge >= 0.3 is 0 Å². The minimum atomic E-state index is 0.180. The fraction of sp³-hybridized carbons (Fsp3) is 0.417. The Morgan fingerprint density at radius 2 is 2.12 bits per heavy atom. The first-order valence-electron chi connectivity index (χ1n) is 5.39. The van der Waals surface area contributed by atoms with Gasteiger partial charge in [0.2, 0.25) is 0 Å². The van der Waals surface area contributed by atoms with Gasteiger partial charge in [-0.2, -0.15) is 0 Å². The zero-order valence-corrected chi connectivity index (χ0v) is 12.3. The van der Waals surface area contributed by atoms with E-state index in [1.807, 2.05) is 0 Å². The smallest absolute Gasteiger partial charge is 0.150 e. The molecule has 5 heteroatoms. The first kappa shape index (κ1) is 13.1. The third kappa shape index (κ3) is 3.30. The number of rotatable bonds is 4. The van der Waals surface area contributed by atoms with Gasteiger partial charge in [-0.25, -0.2) is 0 Å². The van der Waals surface area contributed by atoms with Crippen molar-refractivity contribution >= 4 is 38.1 Å². The highest BCUT2D eigenvalue weighted by Gasteiger charge is 2.17. The van der Waals surface area contributed by atoms with Crippen molar-refractivity contribution in [2.75, 3.05) is 13.2 Å². The van der Waals surface area contributed by atoms with E-state index in [-0.39, 0.29) is 6.10 Å². The summed E-state index contributed by atoms with van der Waals surface area (Å²) in [5.74, 6) is 0.714. The second-order valence-corrected chi connectivity index (χ2v) is 5.59. The quantitative estimate of drug-likeness (QED) is 0.767. The van der Waals surface area contributed by atoms with Gasteiger partial charge in [0, 0.05) is 12.2 Å². The molecule has 1 aromatic carbocycles. The van der Waals surface area contributed by atoms with Crippen LogP contribution in [0.15, 0.2) is 21.1 Å². The van der Waals surface area contributed by atoms with Crippen molar-refractivity contribution in [2.24, 2.45) is 0 Å². The largest absolute Gasteiger partial charge is 0.489 e. The Kier molecular flexibility index (Phi) is 4.59. The number of hydrogen-bond donors (Lipinski definition) is 0. The van der Waals surface area contributed by atoms with E-state index in [2.05, 4.69) is 31.9 Å². The summed E-state index contributed by atoms with van der Waals surface area (Å²) in [6.45, 7) is 1.36. The summed E-state index contributed by atoms with van der Waals surface area (Å²) in [7, 11) is 0. The highest BCUT2D eigenvalue weighted by Crippen LogP contribution is 2.34. The molecule has 1 fully saturated rings. The lowest BCUT2D eigenvalue weighted by molar-refractivity contribution is 0.0674. The summed E-state index contributed by atoms with van der Waals surface area (Å²) < 4.78 is 12.7. The molecule has 0 amide bonds. The van der Waals surface area contributed by atoms with Crippen LogP contribution in [0.5, 0.6) is 5.75 Å².